The number of aliphatic hydroxyl groups excluding tert-OH is 1. The fraction of sp³-hybridized carbons (Fsp3) is 0.357. The van der Waals surface area contributed by atoms with Crippen LogP contribution >= 0.6 is 0 Å². The van der Waals surface area contributed by atoms with Crippen LogP contribution in [0, 0.1) is 6.92 Å². The van der Waals surface area contributed by atoms with Gasteiger partial charge in [-0.1, -0.05) is 54.1 Å². The van der Waals surface area contributed by atoms with Crippen molar-refractivity contribution >= 4 is 5.91 Å². The fourth-order valence-electron chi connectivity index (χ4n) is 5.52. The van der Waals surface area contributed by atoms with Crippen LogP contribution < -0.4 is 0 Å². The van der Waals surface area contributed by atoms with E-state index in [2.05, 4.69) is 65.3 Å². The summed E-state index contributed by atoms with van der Waals surface area (Å²) < 4.78 is 0. The summed E-state index contributed by atoms with van der Waals surface area (Å²) in [5.74, 6) is 0.259. The number of aliphatic hydroxyl groups is 1. The summed E-state index contributed by atoms with van der Waals surface area (Å²) in [6.45, 7) is 4.66. The molecule has 2 aliphatic heterocycles. The average molecular weight is 442 g/mol. The van der Waals surface area contributed by atoms with Crippen LogP contribution in [0.15, 0.2) is 73.1 Å². The SMILES string of the molecule is Cc1cccc(-c2ccc([C@@H]3[C@H](CO)N4CCCCN(C(=O)c5cccnc5)C[C@@H]34)cc2)c1. The minimum absolute atomic E-state index is 0.0472. The topological polar surface area (TPSA) is 56.7 Å². The van der Waals surface area contributed by atoms with E-state index in [-0.39, 0.29) is 30.5 Å². The van der Waals surface area contributed by atoms with Crippen LogP contribution in [0.5, 0.6) is 0 Å². The molecule has 3 aromatic rings. The molecule has 2 fully saturated rings. The molecule has 2 aromatic carbocycles. The van der Waals surface area contributed by atoms with Gasteiger partial charge in [-0.15, -0.1) is 0 Å². The zero-order valence-electron chi connectivity index (χ0n) is 19.1. The van der Waals surface area contributed by atoms with E-state index in [1.807, 2.05) is 17.0 Å². The number of fused-ring (bicyclic) bond motifs is 1. The van der Waals surface area contributed by atoms with Crippen molar-refractivity contribution in [3.8, 4) is 11.1 Å². The van der Waals surface area contributed by atoms with Crippen LogP contribution in [0.1, 0.15) is 40.2 Å². The van der Waals surface area contributed by atoms with E-state index in [1.165, 1.54) is 22.3 Å². The molecule has 1 N–H and O–H groups in total. The Morgan fingerprint density at radius 2 is 1.85 bits per heavy atom. The third kappa shape index (κ3) is 4.31. The zero-order chi connectivity index (χ0) is 22.8. The molecule has 0 saturated carbocycles. The van der Waals surface area contributed by atoms with Crippen molar-refractivity contribution < 1.29 is 9.90 Å². The number of amides is 1. The molecule has 1 aromatic heterocycles. The molecule has 33 heavy (non-hydrogen) atoms. The Morgan fingerprint density at radius 3 is 2.58 bits per heavy atom. The van der Waals surface area contributed by atoms with Gasteiger partial charge in [-0.3, -0.25) is 14.7 Å². The normalized spacial score (nSPS) is 23.2. The average Bonchev–Trinajstić information content (AvgIpc) is 2.83. The summed E-state index contributed by atoms with van der Waals surface area (Å²) in [5.41, 5.74) is 5.54. The molecule has 2 saturated heterocycles. The fourth-order valence-corrected chi connectivity index (χ4v) is 5.52. The molecule has 5 rings (SSSR count). The lowest BCUT2D eigenvalue weighted by Crippen LogP contribution is -2.67. The number of aryl methyl sites for hydroxylation is 1. The predicted molar refractivity (Wildman–Crippen MR) is 130 cm³/mol. The first kappa shape index (κ1) is 21.8. The van der Waals surface area contributed by atoms with Crippen LogP contribution in [0.25, 0.3) is 11.1 Å². The van der Waals surface area contributed by atoms with Crippen molar-refractivity contribution in [2.45, 2.75) is 37.8 Å². The van der Waals surface area contributed by atoms with Crippen molar-refractivity contribution in [1.29, 1.82) is 0 Å². The number of carbonyl (C=O) groups is 1. The molecular formula is C28H31N3O2. The lowest BCUT2D eigenvalue weighted by atomic mass is 9.74. The molecule has 3 heterocycles. The maximum atomic E-state index is 13.2. The molecule has 1 amide bonds. The molecule has 0 radical (unpaired) electrons. The summed E-state index contributed by atoms with van der Waals surface area (Å²) in [7, 11) is 0. The van der Waals surface area contributed by atoms with E-state index >= 15 is 0 Å². The summed E-state index contributed by atoms with van der Waals surface area (Å²) >= 11 is 0. The quantitative estimate of drug-likeness (QED) is 0.662. The van der Waals surface area contributed by atoms with Crippen LogP contribution in [-0.4, -0.2) is 64.1 Å². The smallest absolute Gasteiger partial charge is 0.255 e. The molecule has 0 bridgehead atoms. The Hall–Kier alpha value is -3.02. The Morgan fingerprint density at radius 1 is 1.03 bits per heavy atom. The third-order valence-electron chi connectivity index (χ3n) is 7.21. The Kier molecular flexibility index (Phi) is 6.25. The molecule has 0 spiro atoms. The highest BCUT2D eigenvalue weighted by atomic mass is 16.3. The number of hydrogen-bond acceptors (Lipinski definition) is 4. The highest BCUT2D eigenvalue weighted by Gasteiger charge is 2.49. The minimum atomic E-state index is 0.0472. The van der Waals surface area contributed by atoms with Crippen molar-refractivity contribution in [3.63, 3.8) is 0 Å². The van der Waals surface area contributed by atoms with Crippen molar-refractivity contribution in [1.82, 2.24) is 14.8 Å². The second-order valence-electron chi connectivity index (χ2n) is 9.27. The van der Waals surface area contributed by atoms with E-state index in [4.69, 9.17) is 0 Å². The van der Waals surface area contributed by atoms with Gasteiger partial charge >= 0.3 is 0 Å². The highest BCUT2D eigenvalue weighted by molar-refractivity contribution is 5.93. The first-order valence-electron chi connectivity index (χ1n) is 11.9. The van der Waals surface area contributed by atoms with Gasteiger partial charge in [0.15, 0.2) is 0 Å². The molecule has 3 atom stereocenters. The van der Waals surface area contributed by atoms with Crippen LogP contribution in [0.3, 0.4) is 0 Å². The maximum absolute atomic E-state index is 13.2. The molecule has 5 nitrogen and oxygen atoms in total. The molecular weight excluding hydrogens is 410 g/mol. The second kappa shape index (κ2) is 9.46. The molecule has 5 heteroatoms. The van der Waals surface area contributed by atoms with Gasteiger partial charge in [0.1, 0.15) is 0 Å². The van der Waals surface area contributed by atoms with Crippen molar-refractivity contribution in [3.05, 3.63) is 89.7 Å². The minimum Gasteiger partial charge on any atom is -0.395 e. The highest BCUT2D eigenvalue weighted by Crippen LogP contribution is 2.42. The van der Waals surface area contributed by atoms with E-state index in [1.54, 1.807) is 12.4 Å². The van der Waals surface area contributed by atoms with Gasteiger partial charge in [0.05, 0.1) is 12.2 Å². The van der Waals surface area contributed by atoms with Crippen molar-refractivity contribution in [2.24, 2.45) is 0 Å². The van der Waals surface area contributed by atoms with Gasteiger partial charge in [0.25, 0.3) is 5.91 Å². The number of carbonyl (C=O) groups excluding carboxylic acids is 1. The number of pyridine rings is 1. The summed E-state index contributed by atoms with van der Waals surface area (Å²) in [6.07, 6.45) is 5.35. The van der Waals surface area contributed by atoms with E-state index in [0.717, 1.165) is 25.9 Å². The van der Waals surface area contributed by atoms with E-state index in [0.29, 0.717) is 12.1 Å². The van der Waals surface area contributed by atoms with Crippen LogP contribution in [0.4, 0.5) is 0 Å². The standard InChI is InChI=1S/C28H31N3O2/c1-20-6-4-7-23(16-20)21-9-11-22(12-10-21)27-25-18-30(28(33)24-8-5-13-29-17-24)14-2-3-15-31(25)26(27)19-32/h4-13,16-17,25-27,32H,2-3,14-15,18-19H2,1H3/t25-,26-,27-/m0/s1. The molecule has 2 aliphatic rings. The van der Waals surface area contributed by atoms with Crippen LogP contribution in [-0.2, 0) is 0 Å². The molecule has 170 valence electrons. The Labute approximate surface area is 195 Å². The molecule has 0 unspecified atom stereocenters. The first-order chi connectivity index (χ1) is 16.2. The van der Waals surface area contributed by atoms with Gasteiger partial charge in [-0.25, -0.2) is 0 Å². The molecule has 0 aliphatic carbocycles. The van der Waals surface area contributed by atoms with Gasteiger partial charge in [0.2, 0.25) is 0 Å². The van der Waals surface area contributed by atoms with E-state index in [9.17, 15) is 9.90 Å². The van der Waals surface area contributed by atoms with Gasteiger partial charge in [0, 0.05) is 43.5 Å². The summed E-state index contributed by atoms with van der Waals surface area (Å²) in [4.78, 5) is 21.7. The Bertz CT molecular complexity index is 1100. The zero-order valence-corrected chi connectivity index (χ0v) is 19.1. The number of rotatable bonds is 4. The number of benzene rings is 2. The largest absolute Gasteiger partial charge is 0.395 e. The van der Waals surface area contributed by atoms with Gasteiger partial charge in [-0.2, -0.15) is 0 Å². The maximum Gasteiger partial charge on any atom is 0.255 e. The lowest BCUT2D eigenvalue weighted by Gasteiger charge is -2.57. The van der Waals surface area contributed by atoms with Gasteiger partial charge < -0.3 is 10.0 Å². The van der Waals surface area contributed by atoms with E-state index < -0.39 is 0 Å². The second-order valence-corrected chi connectivity index (χ2v) is 9.27. The number of nitrogens with zero attached hydrogens (tertiary/aromatic N) is 3. The summed E-state index contributed by atoms with van der Waals surface area (Å²) in [6, 6.07) is 21.3. The lowest BCUT2D eigenvalue weighted by molar-refractivity contribution is -0.0606. The van der Waals surface area contributed by atoms with Crippen LogP contribution in [0.2, 0.25) is 0 Å². The monoisotopic (exact) mass is 441 g/mol. The third-order valence-corrected chi connectivity index (χ3v) is 7.21. The predicted octanol–water partition coefficient (Wildman–Crippen LogP) is 4.12. The number of hydrogen-bond donors (Lipinski definition) is 1. The number of aromatic nitrogens is 1. The Balaban J connectivity index is 1.39. The summed E-state index contributed by atoms with van der Waals surface area (Å²) in [5, 5.41) is 10.2. The van der Waals surface area contributed by atoms with Crippen molar-refractivity contribution in [2.75, 3.05) is 26.2 Å². The van der Waals surface area contributed by atoms with Gasteiger partial charge in [-0.05, 0) is 55.1 Å². The first-order valence-corrected chi connectivity index (χ1v) is 11.9.